The highest BCUT2D eigenvalue weighted by atomic mass is 79.9. The average molecular weight is 540 g/mol. The number of phenols is 2. The molecule has 0 fully saturated rings. The van der Waals surface area contributed by atoms with E-state index in [9.17, 15) is 10.2 Å². The van der Waals surface area contributed by atoms with Crippen molar-refractivity contribution >= 4 is 50.4 Å². The van der Waals surface area contributed by atoms with Crippen LogP contribution in [0.5, 0.6) is 11.5 Å². The molecule has 0 unspecified atom stereocenters. The van der Waals surface area contributed by atoms with E-state index in [1.807, 2.05) is 18.2 Å². The first kappa shape index (κ1) is 26.3. The lowest BCUT2D eigenvalue weighted by molar-refractivity contribution is 0.405. The van der Waals surface area contributed by atoms with E-state index in [0.717, 1.165) is 48.9 Å². The molecule has 0 spiro atoms. The number of unbranched alkanes of at least 4 members (excludes halogenated alkanes) is 3. The molecule has 3 aromatic carbocycles. The van der Waals surface area contributed by atoms with Crippen LogP contribution in [0.25, 0.3) is 10.8 Å². The molecule has 4 N–H and O–H groups in total. The van der Waals surface area contributed by atoms with Gasteiger partial charge in [-0.25, -0.2) is 0 Å². The molecule has 30 heavy (non-hydrogen) atoms. The van der Waals surface area contributed by atoms with Crippen LogP contribution < -0.4 is 10.6 Å². The molecule has 6 heteroatoms. The number of rotatable bonds is 11. The molecule has 0 aliphatic rings. The molecule has 164 valence electrons. The van der Waals surface area contributed by atoms with Crippen LogP contribution in [-0.2, 0) is 6.42 Å². The number of phenolic OH excluding ortho intramolecular Hbond substituents is 2. The summed E-state index contributed by atoms with van der Waals surface area (Å²) in [6, 6.07) is 19.7. The fraction of sp³-hybridized carbons (Fsp3) is 0.333. The number of hydrogen-bond donors (Lipinski definition) is 4. The molecule has 0 aliphatic carbocycles. The van der Waals surface area contributed by atoms with Crippen molar-refractivity contribution in [3.8, 4) is 11.5 Å². The molecule has 3 aromatic rings. The Kier molecular flexibility index (Phi) is 12.5. The van der Waals surface area contributed by atoms with E-state index in [1.165, 1.54) is 24.8 Å². The summed E-state index contributed by atoms with van der Waals surface area (Å²) >= 11 is 0. The Labute approximate surface area is 200 Å². The molecule has 3 rings (SSSR count). The first-order valence-electron chi connectivity index (χ1n) is 10.2. The number of nitrogens with one attached hydrogen (secondary N) is 2. The van der Waals surface area contributed by atoms with E-state index in [1.54, 1.807) is 12.1 Å². The van der Waals surface area contributed by atoms with Crippen LogP contribution in [0.4, 0.5) is 5.69 Å². The van der Waals surface area contributed by atoms with Crippen molar-refractivity contribution in [2.45, 2.75) is 32.1 Å². The van der Waals surface area contributed by atoms with E-state index >= 15 is 0 Å². The van der Waals surface area contributed by atoms with E-state index < -0.39 is 0 Å². The molecule has 0 bridgehead atoms. The zero-order valence-electron chi connectivity index (χ0n) is 17.1. The van der Waals surface area contributed by atoms with E-state index in [0.29, 0.717) is 0 Å². The van der Waals surface area contributed by atoms with E-state index in [-0.39, 0.29) is 45.5 Å². The van der Waals surface area contributed by atoms with E-state index in [4.69, 9.17) is 0 Å². The number of anilines is 1. The molecular weight excluding hydrogens is 508 g/mol. The van der Waals surface area contributed by atoms with Crippen LogP contribution in [0.2, 0.25) is 0 Å². The molecular formula is C24H32Br2N2O2. The molecule has 0 saturated heterocycles. The molecule has 0 saturated carbocycles. The predicted octanol–water partition coefficient (Wildman–Crippen LogP) is 6.21. The Hall–Kier alpha value is -1.76. The lowest BCUT2D eigenvalue weighted by Gasteiger charge is -2.11. The van der Waals surface area contributed by atoms with Crippen molar-refractivity contribution in [1.82, 2.24) is 5.32 Å². The molecule has 0 aromatic heterocycles. The van der Waals surface area contributed by atoms with Crippen LogP contribution >= 0.6 is 34.0 Å². The van der Waals surface area contributed by atoms with Gasteiger partial charge in [-0.15, -0.1) is 34.0 Å². The van der Waals surface area contributed by atoms with Crippen LogP contribution in [-0.4, -0.2) is 29.8 Å². The van der Waals surface area contributed by atoms with Crippen molar-refractivity contribution in [1.29, 1.82) is 0 Å². The summed E-state index contributed by atoms with van der Waals surface area (Å²) in [6.07, 6.45) is 5.83. The lowest BCUT2D eigenvalue weighted by atomic mass is 10.1. The van der Waals surface area contributed by atoms with Crippen LogP contribution in [0.1, 0.15) is 31.2 Å². The molecule has 0 heterocycles. The predicted molar refractivity (Wildman–Crippen MR) is 138 cm³/mol. The summed E-state index contributed by atoms with van der Waals surface area (Å²) < 4.78 is 0. The highest BCUT2D eigenvalue weighted by Gasteiger charge is 2.05. The number of fused-ring (bicyclic) bond motifs is 1. The Balaban J connectivity index is 0.00000225. The molecule has 0 atom stereocenters. The minimum Gasteiger partial charge on any atom is -0.504 e. The fourth-order valence-electron chi connectivity index (χ4n) is 3.41. The topological polar surface area (TPSA) is 64.5 Å². The molecule has 0 amide bonds. The molecule has 4 nitrogen and oxygen atoms in total. The average Bonchev–Trinajstić information content (AvgIpc) is 2.71. The second kappa shape index (κ2) is 14.3. The van der Waals surface area contributed by atoms with Gasteiger partial charge in [-0.05, 0) is 61.5 Å². The van der Waals surface area contributed by atoms with Gasteiger partial charge in [0.05, 0.1) is 0 Å². The van der Waals surface area contributed by atoms with Gasteiger partial charge in [-0.3, -0.25) is 0 Å². The van der Waals surface area contributed by atoms with Crippen LogP contribution in [0.3, 0.4) is 0 Å². The van der Waals surface area contributed by atoms with Gasteiger partial charge < -0.3 is 20.8 Å². The Morgan fingerprint density at radius 2 is 1.37 bits per heavy atom. The third-order valence-electron chi connectivity index (χ3n) is 5.00. The first-order valence-corrected chi connectivity index (χ1v) is 10.2. The summed E-state index contributed by atoms with van der Waals surface area (Å²) in [5, 5.41) is 28.2. The highest BCUT2D eigenvalue weighted by molar-refractivity contribution is 8.93. The summed E-state index contributed by atoms with van der Waals surface area (Å²) in [6.45, 7) is 3.02. The number of hydrogen-bond acceptors (Lipinski definition) is 4. The number of halogens is 2. The maximum Gasteiger partial charge on any atom is 0.158 e. The number of aromatic hydroxyl groups is 2. The zero-order chi connectivity index (χ0) is 19.6. The molecule has 0 aliphatic heterocycles. The quantitative estimate of drug-likeness (QED) is 0.173. The maximum atomic E-state index is 9.75. The van der Waals surface area contributed by atoms with Crippen LogP contribution in [0, 0.1) is 0 Å². The van der Waals surface area contributed by atoms with Gasteiger partial charge in [-0.1, -0.05) is 55.3 Å². The minimum absolute atomic E-state index is 0. The van der Waals surface area contributed by atoms with Gasteiger partial charge in [0.2, 0.25) is 0 Å². The Morgan fingerprint density at radius 3 is 2.13 bits per heavy atom. The summed E-state index contributed by atoms with van der Waals surface area (Å²) in [7, 11) is 0. The standard InChI is InChI=1S/C24H30N2O2.2BrH/c27-23-17-20-11-8-12-22(21(20)18-24(23)28)26-15-7-2-1-6-14-25-16-13-19-9-4-3-5-10-19;;/h3-5,8-12,17-18,25-28H,1-2,6-7,13-16H2;2*1H. The van der Waals surface area contributed by atoms with Gasteiger partial charge in [0, 0.05) is 17.6 Å². The summed E-state index contributed by atoms with van der Waals surface area (Å²) in [5.74, 6) is -0.163. The van der Waals surface area contributed by atoms with Crippen molar-refractivity contribution in [3.05, 3.63) is 66.2 Å². The van der Waals surface area contributed by atoms with Gasteiger partial charge in [0.1, 0.15) is 0 Å². The second-order valence-electron chi connectivity index (χ2n) is 7.19. The maximum absolute atomic E-state index is 9.75. The van der Waals surface area contributed by atoms with Gasteiger partial charge >= 0.3 is 0 Å². The zero-order valence-corrected chi connectivity index (χ0v) is 20.6. The van der Waals surface area contributed by atoms with Crippen molar-refractivity contribution in [2.75, 3.05) is 25.0 Å². The normalized spacial score (nSPS) is 10.3. The van der Waals surface area contributed by atoms with Crippen LogP contribution in [0.15, 0.2) is 60.7 Å². The largest absolute Gasteiger partial charge is 0.504 e. The third kappa shape index (κ3) is 8.17. The second-order valence-corrected chi connectivity index (χ2v) is 7.19. The third-order valence-corrected chi connectivity index (χ3v) is 5.00. The minimum atomic E-state index is -0.0819. The summed E-state index contributed by atoms with van der Waals surface area (Å²) in [5.41, 5.74) is 2.38. The van der Waals surface area contributed by atoms with Crippen molar-refractivity contribution in [2.24, 2.45) is 0 Å². The number of benzene rings is 3. The highest BCUT2D eigenvalue weighted by Crippen LogP contribution is 2.33. The van der Waals surface area contributed by atoms with Gasteiger partial charge in [-0.2, -0.15) is 0 Å². The monoisotopic (exact) mass is 538 g/mol. The van der Waals surface area contributed by atoms with Gasteiger partial charge in [0.25, 0.3) is 0 Å². The molecule has 0 radical (unpaired) electrons. The fourth-order valence-corrected chi connectivity index (χ4v) is 3.41. The lowest BCUT2D eigenvalue weighted by Crippen LogP contribution is -2.18. The van der Waals surface area contributed by atoms with Gasteiger partial charge in [0.15, 0.2) is 11.5 Å². The SMILES string of the molecule is Br.Br.Oc1cc2cccc(NCCCCCCNCCc3ccccc3)c2cc1O. The first-order chi connectivity index (χ1) is 13.7. The summed E-state index contributed by atoms with van der Waals surface area (Å²) in [4.78, 5) is 0. The Bertz CT molecular complexity index is 876. The van der Waals surface area contributed by atoms with Crippen molar-refractivity contribution in [3.63, 3.8) is 0 Å². The Morgan fingerprint density at radius 1 is 0.667 bits per heavy atom. The van der Waals surface area contributed by atoms with E-state index in [2.05, 4.69) is 41.0 Å². The smallest absolute Gasteiger partial charge is 0.158 e. The van der Waals surface area contributed by atoms with Crippen molar-refractivity contribution < 1.29 is 10.2 Å².